The van der Waals surface area contributed by atoms with Crippen LogP contribution in [0.25, 0.3) is 0 Å². The van der Waals surface area contributed by atoms with E-state index >= 15 is 0 Å². The molecule has 5 aliphatic rings. The number of methoxy groups -OCH3 is 1. The van der Waals surface area contributed by atoms with Crippen molar-refractivity contribution in [3.63, 3.8) is 0 Å². The predicted octanol–water partition coefficient (Wildman–Crippen LogP) is 6.59. The zero-order valence-corrected chi connectivity index (χ0v) is 29.8. The number of ketones is 1. The molecule has 0 aromatic heterocycles. The van der Waals surface area contributed by atoms with E-state index in [-0.39, 0.29) is 71.9 Å². The normalized spacial score (nSPS) is 31.0. The minimum absolute atomic E-state index is 0.000173. The number of ether oxygens (including phenoxy) is 2. The van der Waals surface area contributed by atoms with Crippen LogP contribution in [-0.2, 0) is 16.0 Å². The average Bonchev–Trinajstić information content (AvgIpc) is 3.58. The third kappa shape index (κ3) is 7.30. The average molecular weight is 672 g/mol. The van der Waals surface area contributed by atoms with E-state index in [4.69, 9.17) is 20.9 Å². The molecule has 266 valence electrons. The second kappa shape index (κ2) is 15.3. The molecule has 1 aromatic carbocycles. The number of aromatic hydroxyl groups is 1. The van der Waals surface area contributed by atoms with Crippen molar-refractivity contribution in [1.82, 2.24) is 0 Å². The number of rotatable bonds is 11. The third-order valence-electron chi connectivity index (χ3n) is 12.3. The molecule has 0 radical (unpaired) electrons. The van der Waals surface area contributed by atoms with Crippen LogP contribution in [0.3, 0.4) is 0 Å². The molecule has 8 nitrogen and oxygen atoms in total. The molecule has 6 N–H and O–H groups in total. The number of guanidine groups is 1. The van der Waals surface area contributed by atoms with Gasteiger partial charge in [0.2, 0.25) is 0 Å². The second-order valence-corrected chi connectivity index (χ2v) is 15.5. The van der Waals surface area contributed by atoms with Gasteiger partial charge in [-0.3, -0.25) is 4.79 Å². The monoisotopic (exact) mass is 671 g/mol. The standard InChI is InChI=1S/C41H57N3O5/c1-4-8-26(24-45)19-31(46)16-14-27-22-35(49-32-10-5-6-11-32)39(47)37-33(27)12-7-9-30(44-40(42)43)21-28-20-29-15-13-25(2)23-41(29)18-17-34(48-3)36(28)38(37)41/h19-20,22,25,28,30,32,34,36,38,45,47H,4-6,8-11,13-18,21,23-24H2,1-3H3,(H4,42,43,44)/b26-19-/t25-,28-,30+,34-,36-,38+,41+/m1/s1. The van der Waals surface area contributed by atoms with Gasteiger partial charge in [0.1, 0.15) is 0 Å². The van der Waals surface area contributed by atoms with Gasteiger partial charge in [0, 0.05) is 37.0 Å². The van der Waals surface area contributed by atoms with Crippen LogP contribution in [0, 0.1) is 35.0 Å². The number of aliphatic hydroxyl groups excluding tert-OH is 1. The van der Waals surface area contributed by atoms with Crippen LogP contribution in [-0.4, -0.2) is 53.9 Å². The van der Waals surface area contributed by atoms with Crippen LogP contribution in [0.4, 0.5) is 0 Å². The van der Waals surface area contributed by atoms with Crippen LogP contribution < -0.4 is 16.2 Å². The number of benzene rings is 1. The SMILES string of the molecule is CCC/C(=C/C(=O)CCc1cc(OC2CCCC2)c(O)c2c1C#CC[C@H](N=C(N)N)C[C@H]1C=C3CC[C@@H](C)C[C@@]34CC[C@@H](OC)[C@@H]1[C@@H]24)CO. The third-order valence-corrected chi connectivity index (χ3v) is 12.3. The molecule has 3 fully saturated rings. The van der Waals surface area contributed by atoms with Gasteiger partial charge in [0.15, 0.2) is 23.2 Å². The number of hydrogen-bond acceptors (Lipinski definition) is 6. The maximum Gasteiger partial charge on any atom is 0.186 e. The topological polar surface area (TPSA) is 140 Å². The van der Waals surface area contributed by atoms with Crippen molar-refractivity contribution in [1.29, 1.82) is 0 Å². The number of aryl methyl sites for hydroxylation is 1. The van der Waals surface area contributed by atoms with E-state index in [0.717, 1.165) is 92.9 Å². The molecule has 1 spiro atoms. The molecule has 0 aliphatic heterocycles. The molecule has 0 amide bonds. The van der Waals surface area contributed by atoms with Gasteiger partial charge < -0.3 is 31.2 Å². The van der Waals surface area contributed by atoms with E-state index in [9.17, 15) is 15.0 Å². The van der Waals surface area contributed by atoms with Gasteiger partial charge >= 0.3 is 0 Å². The van der Waals surface area contributed by atoms with E-state index < -0.39 is 0 Å². The number of nitrogens with two attached hydrogens (primary N) is 2. The lowest BCUT2D eigenvalue weighted by Crippen LogP contribution is -2.53. The summed E-state index contributed by atoms with van der Waals surface area (Å²) in [6.07, 6.45) is 17.1. The summed E-state index contributed by atoms with van der Waals surface area (Å²) in [6, 6.07) is 1.79. The van der Waals surface area contributed by atoms with E-state index in [1.807, 2.05) is 20.1 Å². The van der Waals surface area contributed by atoms with Gasteiger partial charge in [-0.25, -0.2) is 4.99 Å². The molecular formula is C41H57N3O5. The van der Waals surface area contributed by atoms with E-state index in [0.29, 0.717) is 30.9 Å². The maximum atomic E-state index is 13.3. The van der Waals surface area contributed by atoms with Crippen molar-refractivity contribution in [3.8, 4) is 23.3 Å². The number of carbonyl (C=O) groups excluding carboxylic acids is 1. The highest BCUT2D eigenvalue weighted by molar-refractivity contribution is 5.90. The summed E-state index contributed by atoms with van der Waals surface area (Å²) in [5.74, 6) is 8.52. The molecular weight excluding hydrogens is 614 g/mol. The Hall–Kier alpha value is -3.28. The van der Waals surface area contributed by atoms with Gasteiger partial charge in [-0.15, -0.1) is 0 Å². The number of aliphatic imine (C=N–C) groups is 1. The highest BCUT2D eigenvalue weighted by atomic mass is 16.5. The first kappa shape index (κ1) is 35.5. The van der Waals surface area contributed by atoms with Gasteiger partial charge in [-0.2, -0.15) is 0 Å². The van der Waals surface area contributed by atoms with Crippen LogP contribution in [0.15, 0.2) is 34.4 Å². The molecule has 7 atom stereocenters. The Morgan fingerprint density at radius 3 is 2.69 bits per heavy atom. The number of fused-ring (bicyclic) bond motifs is 1. The Morgan fingerprint density at radius 1 is 1.18 bits per heavy atom. The fourth-order valence-corrected chi connectivity index (χ4v) is 10.2. The Morgan fingerprint density at radius 2 is 1.98 bits per heavy atom. The van der Waals surface area contributed by atoms with Crippen molar-refractivity contribution in [2.45, 2.75) is 134 Å². The van der Waals surface area contributed by atoms with E-state index in [1.54, 1.807) is 6.08 Å². The van der Waals surface area contributed by atoms with Crippen molar-refractivity contribution in [3.05, 3.63) is 46.1 Å². The molecule has 0 saturated heterocycles. The maximum absolute atomic E-state index is 13.3. The number of nitrogens with zero attached hydrogens (tertiary/aromatic N) is 1. The van der Waals surface area contributed by atoms with E-state index in [2.05, 4.69) is 29.8 Å². The first-order chi connectivity index (χ1) is 23.7. The van der Waals surface area contributed by atoms with Gasteiger partial charge in [0.05, 0.1) is 24.9 Å². The predicted molar refractivity (Wildman–Crippen MR) is 193 cm³/mol. The van der Waals surface area contributed by atoms with Crippen molar-refractivity contribution in [2.75, 3.05) is 13.7 Å². The molecule has 0 heterocycles. The first-order valence-corrected chi connectivity index (χ1v) is 18.9. The van der Waals surface area contributed by atoms with Gasteiger partial charge in [-0.05, 0) is 123 Å². The highest BCUT2D eigenvalue weighted by Crippen LogP contribution is 2.68. The van der Waals surface area contributed by atoms with Crippen LogP contribution in [0.5, 0.6) is 11.5 Å². The Bertz CT molecular complexity index is 1540. The number of aliphatic hydroxyl groups is 1. The number of allylic oxidation sites excluding steroid dienone is 3. The summed E-state index contributed by atoms with van der Waals surface area (Å²) < 4.78 is 13.0. The Labute approximate surface area is 292 Å². The number of phenolic OH excluding ortho intramolecular Hbond substituents is 1. The lowest BCUT2D eigenvalue weighted by Gasteiger charge is -2.60. The zero-order valence-electron chi connectivity index (χ0n) is 29.8. The van der Waals surface area contributed by atoms with Crippen LogP contribution in [0.1, 0.15) is 126 Å². The fourth-order valence-electron chi connectivity index (χ4n) is 10.2. The number of hydrogen-bond donors (Lipinski definition) is 4. The number of carbonyl (C=O) groups is 1. The summed E-state index contributed by atoms with van der Waals surface area (Å²) in [5, 5.41) is 22.4. The van der Waals surface area contributed by atoms with E-state index in [1.165, 1.54) is 5.57 Å². The molecule has 0 unspecified atom stereocenters. The summed E-state index contributed by atoms with van der Waals surface area (Å²) >= 11 is 0. The molecule has 3 saturated carbocycles. The first-order valence-electron chi connectivity index (χ1n) is 18.9. The second-order valence-electron chi connectivity index (χ2n) is 15.5. The zero-order chi connectivity index (χ0) is 34.7. The number of phenols is 1. The molecule has 49 heavy (non-hydrogen) atoms. The molecule has 1 aromatic rings. The van der Waals surface area contributed by atoms with Crippen LogP contribution >= 0.6 is 0 Å². The minimum atomic E-state index is -0.166. The highest BCUT2D eigenvalue weighted by Gasteiger charge is 2.59. The van der Waals surface area contributed by atoms with Crippen molar-refractivity contribution in [2.24, 2.45) is 39.6 Å². The summed E-state index contributed by atoms with van der Waals surface area (Å²) in [4.78, 5) is 18.0. The van der Waals surface area contributed by atoms with Crippen LogP contribution in [0.2, 0.25) is 0 Å². The van der Waals surface area contributed by atoms with Crippen molar-refractivity contribution >= 4 is 11.7 Å². The largest absolute Gasteiger partial charge is 0.504 e. The summed E-state index contributed by atoms with van der Waals surface area (Å²) in [6.45, 7) is 4.30. The molecule has 4 bridgehead atoms. The molecule has 5 aliphatic carbocycles. The molecule has 8 heteroatoms. The smallest absolute Gasteiger partial charge is 0.186 e. The lowest BCUT2D eigenvalue weighted by molar-refractivity contribution is -0.114. The quantitative estimate of drug-likeness (QED) is 0.0684. The molecule has 6 rings (SSSR count). The van der Waals surface area contributed by atoms with Gasteiger partial charge in [-0.1, -0.05) is 43.8 Å². The summed E-state index contributed by atoms with van der Waals surface area (Å²) in [7, 11) is 1.82. The lowest BCUT2D eigenvalue weighted by atomic mass is 9.45. The summed E-state index contributed by atoms with van der Waals surface area (Å²) in [5.41, 5.74) is 16.7. The Balaban J connectivity index is 1.56. The minimum Gasteiger partial charge on any atom is -0.504 e. The Kier molecular flexibility index (Phi) is 11.1. The van der Waals surface area contributed by atoms with Crippen molar-refractivity contribution < 1.29 is 24.5 Å². The fraction of sp³-hybridized carbons (Fsp3) is 0.659. The van der Waals surface area contributed by atoms with Gasteiger partial charge in [0.25, 0.3) is 0 Å².